The summed E-state index contributed by atoms with van der Waals surface area (Å²) in [6, 6.07) is 10.5. The zero-order chi connectivity index (χ0) is 7.40. The molecule has 0 heterocycles. The van der Waals surface area contributed by atoms with E-state index in [9.17, 15) is 0 Å². The minimum absolute atomic E-state index is 0. The summed E-state index contributed by atoms with van der Waals surface area (Å²) in [7, 11) is 4.15. The van der Waals surface area contributed by atoms with E-state index in [0.717, 1.165) is 6.54 Å². The highest BCUT2D eigenvalue weighted by Crippen LogP contribution is 1.99. The molecule has 0 saturated heterocycles. The van der Waals surface area contributed by atoms with Gasteiger partial charge in [-0.05, 0) is 19.7 Å². The molecule has 3 heteroatoms. The summed E-state index contributed by atoms with van der Waals surface area (Å²) < 4.78 is 0. The maximum absolute atomic E-state index is 2.16. The lowest BCUT2D eigenvalue weighted by Crippen LogP contribution is -2.10. The lowest BCUT2D eigenvalue weighted by molar-refractivity contribution is 0.402. The van der Waals surface area contributed by atoms with Gasteiger partial charge in [0.25, 0.3) is 0 Å². The van der Waals surface area contributed by atoms with Gasteiger partial charge in [0.1, 0.15) is 0 Å². The molecule has 0 spiro atoms. The van der Waals surface area contributed by atoms with Gasteiger partial charge in [-0.1, -0.05) is 30.3 Å². The Morgan fingerprint density at radius 3 is 2.00 bits per heavy atom. The summed E-state index contributed by atoms with van der Waals surface area (Å²) in [5, 5.41) is 0. The molecule has 0 radical (unpaired) electrons. The molecule has 1 aromatic rings. The zero-order valence-electron chi connectivity index (χ0n) is 7.66. The average molecular weight is 189 g/mol. The van der Waals surface area contributed by atoms with Crippen LogP contribution in [0, 0.1) is 0 Å². The van der Waals surface area contributed by atoms with Crippen LogP contribution < -0.4 is 6.15 Å². The largest absolute Gasteiger partial charge is 0.344 e. The molecular weight excluding hydrogens is 172 g/mol. The van der Waals surface area contributed by atoms with E-state index in [0.29, 0.717) is 0 Å². The second-order valence-corrected chi connectivity index (χ2v) is 2.72. The molecule has 0 unspecified atom stereocenters. The zero-order valence-corrected chi connectivity index (χ0v) is 8.47. The van der Waals surface area contributed by atoms with E-state index in [2.05, 4.69) is 43.3 Å². The number of halogens is 1. The Morgan fingerprint density at radius 2 is 1.58 bits per heavy atom. The summed E-state index contributed by atoms with van der Waals surface area (Å²) in [4.78, 5) is 2.16. The van der Waals surface area contributed by atoms with Crippen LogP contribution in [0.15, 0.2) is 30.3 Å². The lowest BCUT2D eigenvalue weighted by atomic mass is 10.2. The van der Waals surface area contributed by atoms with Crippen LogP contribution in [0.5, 0.6) is 0 Å². The van der Waals surface area contributed by atoms with Crippen LogP contribution in [0.2, 0.25) is 0 Å². The van der Waals surface area contributed by atoms with Gasteiger partial charge >= 0.3 is 0 Å². The first-order chi connectivity index (χ1) is 4.79. The van der Waals surface area contributed by atoms with Crippen LogP contribution in [0.3, 0.4) is 0 Å². The normalized spacial score (nSPS) is 8.58. The molecule has 0 bridgehead atoms. The van der Waals surface area contributed by atoms with Crippen molar-refractivity contribution in [2.45, 2.75) is 6.54 Å². The Labute approximate surface area is 80.6 Å². The van der Waals surface area contributed by atoms with Gasteiger partial charge in [0.15, 0.2) is 0 Å². The van der Waals surface area contributed by atoms with Crippen molar-refractivity contribution in [1.82, 2.24) is 11.1 Å². The van der Waals surface area contributed by atoms with Crippen LogP contribution in [0.4, 0.5) is 0 Å². The fourth-order valence-electron chi connectivity index (χ4n) is 0.949. The minimum Gasteiger partial charge on any atom is -0.344 e. The smallest absolute Gasteiger partial charge is 0.0227 e. The number of rotatable bonds is 2. The molecule has 0 aromatic heterocycles. The summed E-state index contributed by atoms with van der Waals surface area (Å²) in [5.41, 5.74) is 1.37. The molecule has 0 fully saturated rings. The summed E-state index contributed by atoms with van der Waals surface area (Å²) in [6.45, 7) is 1.03. The summed E-state index contributed by atoms with van der Waals surface area (Å²) in [5.74, 6) is 0. The molecule has 1 aromatic carbocycles. The second-order valence-electron chi connectivity index (χ2n) is 2.72. The van der Waals surface area contributed by atoms with E-state index in [4.69, 9.17) is 0 Å². The first-order valence-corrected chi connectivity index (χ1v) is 3.47. The number of benzene rings is 1. The van der Waals surface area contributed by atoms with Crippen molar-refractivity contribution in [3.05, 3.63) is 35.9 Å². The molecule has 0 amide bonds. The van der Waals surface area contributed by atoms with Gasteiger partial charge in [-0.15, -0.1) is 12.4 Å². The fourth-order valence-corrected chi connectivity index (χ4v) is 0.949. The van der Waals surface area contributed by atoms with Crippen molar-refractivity contribution in [3.63, 3.8) is 0 Å². The van der Waals surface area contributed by atoms with Crippen LogP contribution in [0.25, 0.3) is 0 Å². The molecule has 0 aliphatic rings. The van der Waals surface area contributed by atoms with Crippen molar-refractivity contribution in [3.8, 4) is 0 Å². The van der Waals surface area contributed by atoms with E-state index in [1.165, 1.54) is 5.56 Å². The predicted octanol–water partition coefficient (Wildman–Crippen LogP) is 2.33. The standard InChI is InChI=1S/C9H13N.ClH.H3N/c1-10(2)8-9-6-4-3-5-7-9;;/h3-7H,8H2,1-2H3;1H;1H3. The highest BCUT2D eigenvalue weighted by Gasteiger charge is 1.90. The Hall–Kier alpha value is -0.570. The Balaban J connectivity index is 0. The van der Waals surface area contributed by atoms with Crippen molar-refractivity contribution >= 4 is 12.4 Å². The number of hydrogen-bond acceptors (Lipinski definition) is 2. The third-order valence-electron chi connectivity index (χ3n) is 1.34. The predicted molar refractivity (Wildman–Crippen MR) is 56.1 cm³/mol. The quantitative estimate of drug-likeness (QED) is 0.774. The Bertz CT molecular complexity index is 187. The van der Waals surface area contributed by atoms with Gasteiger partial charge in [0, 0.05) is 6.54 Å². The van der Waals surface area contributed by atoms with Crippen LogP contribution in [-0.4, -0.2) is 19.0 Å². The minimum atomic E-state index is 0. The third kappa shape index (κ3) is 5.13. The van der Waals surface area contributed by atoms with Crippen molar-refractivity contribution in [2.75, 3.05) is 14.1 Å². The van der Waals surface area contributed by atoms with E-state index in [1.807, 2.05) is 6.07 Å². The Morgan fingerprint density at radius 1 is 1.08 bits per heavy atom. The van der Waals surface area contributed by atoms with E-state index in [-0.39, 0.29) is 18.6 Å². The lowest BCUT2D eigenvalue weighted by Gasteiger charge is -2.08. The van der Waals surface area contributed by atoms with E-state index in [1.54, 1.807) is 0 Å². The van der Waals surface area contributed by atoms with Gasteiger partial charge in [-0.25, -0.2) is 0 Å². The van der Waals surface area contributed by atoms with Gasteiger partial charge in [0.05, 0.1) is 0 Å². The average Bonchev–Trinajstić information content (AvgIpc) is 1.88. The molecule has 0 aliphatic heterocycles. The molecule has 70 valence electrons. The second kappa shape index (κ2) is 7.10. The topological polar surface area (TPSA) is 38.2 Å². The first-order valence-electron chi connectivity index (χ1n) is 3.47. The molecule has 3 N–H and O–H groups in total. The molecular formula is C9H17ClN2. The van der Waals surface area contributed by atoms with Gasteiger partial charge in [-0.3, -0.25) is 0 Å². The van der Waals surface area contributed by atoms with Crippen LogP contribution >= 0.6 is 12.4 Å². The Kier molecular flexibility index (Phi) is 8.27. The van der Waals surface area contributed by atoms with Crippen LogP contribution in [-0.2, 0) is 6.54 Å². The van der Waals surface area contributed by atoms with Gasteiger partial charge in [0.2, 0.25) is 0 Å². The number of nitrogens with zero attached hydrogens (tertiary/aromatic N) is 1. The molecule has 12 heavy (non-hydrogen) atoms. The van der Waals surface area contributed by atoms with Crippen molar-refractivity contribution in [1.29, 1.82) is 0 Å². The van der Waals surface area contributed by atoms with Crippen LogP contribution in [0.1, 0.15) is 5.56 Å². The molecule has 2 nitrogen and oxygen atoms in total. The molecule has 0 atom stereocenters. The third-order valence-corrected chi connectivity index (χ3v) is 1.34. The maximum atomic E-state index is 2.16. The number of hydrogen-bond donors (Lipinski definition) is 1. The fraction of sp³-hybridized carbons (Fsp3) is 0.333. The highest BCUT2D eigenvalue weighted by molar-refractivity contribution is 5.85. The molecule has 1 rings (SSSR count). The SMILES string of the molecule is CN(C)Cc1ccccc1.Cl.N. The van der Waals surface area contributed by atoms with Gasteiger partial charge in [-0.2, -0.15) is 0 Å². The first kappa shape index (κ1) is 14.0. The van der Waals surface area contributed by atoms with E-state index >= 15 is 0 Å². The monoisotopic (exact) mass is 188 g/mol. The maximum Gasteiger partial charge on any atom is 0.0227 e. The summed E-state index contributed by atoms with van der Waals surface area (Å²) in [6.07, 6.45) is 0. The van der Waals surface area contributed by atoms with Crippen molar-refractivity contribution < 1.29 is 0 Å². The highest BCUT2D eigenvalue weighted by atomic mass is 35.5. The molecule has 0 aliphatic carbocycles. The van der Waals surface area contributed by atoms with Crippen molar-refractivity contribution in [2.24, 2.45) is 0 Å². The van der Waals surface area contributed by atoms with Gasteiger partial charge < -0.3 is 11.1 Å². The van der Waals surface area contributed by atoms with E-state index < -0.39 is 0 Å². The molecule has 0 saturated carbocycles. The summed E-state index contributed by atoms with van der Waals surface area (Å²) >= 11 is 0.